The number of hydrogen-bond acceptors (Lipinski definition) is 7. The molecule has 0 saturated carbocycles. The molecule has 1 aromatic carbocycles. The number of amides is 1. The zero-order chi connectivity index (χ0) is 17.6. The normalized spacial score (nSPS) is 21.2. The van der Waals surface area contributed by atoms with Crippen LogP contribution >= 0.6 is 0 Å². The highest BCUT2D eigenvalue weighted by Crippen LogP contribution is 2.15. The molecule has 1 aromatic heterocycles. The van der Waals surface area contributed by atoms with E-state index in [1.165, 1.54) is 0 Å². The van der Waals surface area contributed by atoms with Crippen LogP contribution in [0, 0.1) is 0 Å². The first-order valence-corrected chi connectivity index (χ1v) is 8.22. The van der Waals surface area contributed by atoms with Gasteiger partial charge in [-0.15, -0.1) is 0 Å². The third kappa shape index (κ3) is 4.62. The molecule has 0 aliphatic carbocycles. The lowest BCUT2D eigenvalue weighted by atomic mass is 10.0. The highest BCUT2D eigenvalue weighted by Gasteiger charge is 2.29. The van der Waals surface area contributed by atoms with Crippen molar-refractivity contribution in [3.63, 3.8) is 0 Å². The van der Waals surface area contributed by atoms with Gasteiger partial charge in [0, 0.05) is 25.8 Å². The fourth-order valence-corrected chi connectivity index (χ4v) is 2.88. The number of aliphatic hydroxyl groups excluding tert-OH is 1. The Morgan fingerprint density at radius 2 is 2.24 bits per heavy atom. The van der Waals surface area contributed by atoms with E-state index in [-0.39, 0.29) is 11.9 Å². The molecule has 3 rings (SSSR count). The first-order chi connectivity index (χ1) is 12.2. The molecule has 1 saturated heterocycles. The minimum absolute atomic E-state index is 0.167. The second kappa shape index (κ2) is 8.19. The molecule has 25 heavy (non-hydrogen) atoms. The number of methoxy groups -OCH3 is 1. The van der Waals surface area contributed by atoms with Gasteiger partial charge in [-0.25, -0.2) is 0 Å². The van der Waals surface area contributed by atoms with E-state index in [9.17, 15) is 9.90 Å². The number of piperidine rings is 1. The Morgan fingerprint density at radius 1 is 1.44 bits per heavy atom. The molecule has 134 valence electrons. The molecule has 2 atom stereocenters. The van der Waals surface area contributed by atoms with Gasteiger partial charge in [-0.05, 0) is 18.6 Å². The predicted molar refractivity (Wildman–Crippen MR) is 88.6 cm³/mol. The van der Waals surface area contributed by atoms with Crippen LogP contribution in [0.5, 0.6) is 0 Å². The standard InChI is InChI=1S/C17H22N4O4/c1-24-11-15-19-16(25-20-15)10-21-8-7-13(14(22)9-21)18-17(23)12-5-3-2-4-6-12/h2-6,13-14,22H,7-11H2,1H3,(H,18,23)/t13-,14-/m1/s1. The summed E-state index contributed by atoms with van der Waals surface area (Å²) in [7, 11) is 1.57. The van der Waals surface area contributed by atoms with Crippen LogP contribution in [0.1, 0.15) is 28.5 Å². The van der Waals surface area contributed by atoms with Crippen molar-refractivity contribution in [1.29, 1.82) is 0 Å². The van der Waals surface area contributed by atoms with Crippen LogP contribution < -0.4 is 5.32 Å². The smallest absolute Gasteiger partial charge is 0.251 e. The van der Waals surface area contributed by atoms with Gasteiger partial charge in [-0.2, -0.15) is 4.98 Å². The van der Waals surface area contributed by atoms with Crippen molar-refractivity contribution in [3.05, 3.63) is 47.6 Å². The molecule has 1 aliphatic heterocycles. The molecule has 0 bridgehead atoms. The van der Waals surface area contributed by atoms with E-state index < -0.39 is 6.10 Å². The Labute approximate surface area is 145 Å². The lowest BCUT2D eigenvalue weighted by molar-refractivity contribution is 0.0313. The average Bonchev–Trinajstić information content (AvgIpc) is 3.05. The predicted octanol–water partition coefficient (Wildman–Crippen LogP) is 0.581. The number of carbonyl (C=O) groups is 1. The van der Waals surface area contributed by atoms with Crippen LogP contribution in [0.15, 0.2) is 34.9 Å². The number of ether oxygens (including phenoxy) is 1. The maximum absolute atomic E-state index is 12.2. The molecule has 1 aliphatic rings. The summed E-state index contributed by atoms with van der Waals surface area (Å²) in [6.45, 7) is 1.92. The van der Waals surface area contributed by atoms with Gasteiger partial charge in [-0.1, -0.05) is 23.4 Å². The van der Waals surface area contributed by atoms with Crippen molar-refractivity contribution >= 4 is 5.91 Å². The van der Waals surface area contributed by atoms with E-state index in [1.54, 1.807) is 19.2 Å². The first kappa shape index (κ1) is 17.5. The van der Waals surface area contributed by atoms with Crippen molar-refractivity contribution in [1.82, 2.24) is 20.4 Å². The van der Waals surface area contributed by atoms with Crippen molar-refractivity contribution in [3.8, 4) is 0 Å². The fraction of sp³-hybridized carbons (Fsp3) is 0.471. The minimum Gasteiger partial charge on any atom is -0.390 e. The zero-order valence-electron chi connectivity index (χ0n) is 14.1. The highest BCUT2D eigenvalue weighted by molar-refractivity contribution is 5.94. The molecule has 8 nitrogen and oxygen atoms in total. The number of rotatable bonds is 6. The largest absolute Gasteiger partial charge is 0.390 e. The van der Waals surface area contributed by atoms with Crippen LogP contribution in [0.3, 0.4) is 0 Å². The quantitative estimate of drug-likeness (QED) is 0.789. The Bertz CT molecular complexity index is 691. The van der Waals surface area contributed by atoms with E-state index in [4.69, 9.17) is 9.26 Å². The molecular weight excluding hydrogens is 324 g/mol. The molecule has 2 heterocycles. The van der Waals surface area contributed by atoms with Crippen LogP contribution in [0.2, 0.25) is 0 Å². The first-order valence-electron chi connectivity index (χ1n) is 8.22. The van der Waals surface area contributed by atoms with Gasteiger partial charge in [0.2, 0.25) is 5.89 Å². The summed E-state index contributed by atoms with van der Waals surface area (Å²) in [4.78, 5) is 18.5. The summed E-state index contributed by atoms with van der Waals surface area (Å²) in [5.41, 5.74) is 0.591. The maximum atomic E-state index is 12.2. The number of hydrogen-bond donors (Lipinski definition) is 2. The summed E-state index contributed by atoms with van der Waals surface area (Å²) in [5.74, 6) is 0.827. The number of benzene rings is 1. The second-order valence-electron chi connectivity index (χ2n) is 6.07. The van der Waals surface area contributed by atoms with Crippen molar-refractivity contribution in [2.24, 2.45) is 0 Å². The lowest BCUT2D eigenvalue weighted by Crippen LogP contribution is -2.53. The minimum atomic E-state index is -0.650. The van der Waals surface area contributed by atoms with Crippen molar-refractivity contribution < 1.29 is 19.2 Å². The van der Waals surface area contributed by atoms with Crippen LogP contribution in [0.25, 0.3) is 0 Å². The number of nitrogens with one attached hydrogen (secondary N) is 1. The fourth-order valence-electron chi connectivity index (χ4n) is 2.88. The molecule has 2 N–H and O–H groups in total. The number of carbonyl (C=O) groups excluding carboxylic acids is 1. The molecular formula is C17H22N4O4. The van der Waals surface area contributed by atoms with Gasteiger partial charge >= 0.3 is 0 Å². The molecule has 1 fully saturated rings. The van der Waals surface area contributed by atoms with Gasteiger partial charge < -0.3 is 19.7 Å². The van der Waals surface area contributed by atoms with Gasteiger partial charge in [0.05, 0.1) is 18.7 Å². The van der Waals surface area contributed by atoms with Crippen molar-refractivity contribution in [2.45, 2.75) is 31.7 Å². The SMILES string of the molecule is COCc1noc(CN2CC[C@@H](NC(=O)c3ccccc3)[C@H](O)C2)n1. The maximum Gasteiger partial charge on any atom is 0.251 e. The van der Waals surface area contributed by atoms with Gasteiger partial charge in [0.15, 0.2) is 5.82 Å². The number of likely N-dealkylation sites (tertiary alicyclic amines) is 1. The third-order valence-electron chi connectivity index (χ3n) is 4.16. The van der Waals surface area contributed by atoms with Gasteiger partial charge in [0.1, 0.15) is 6.61 Å². The van der Waals surface area contributed by atoms with Crippen LogP contribution in [-0.4, -0.2) is 58.4 Å². The monoisotopic (exact) mass is 346 g/mol. The van der Waals surface area contributed by atoms with Crippen molar-refractivity contribution in [2.75, 3.05) is 20.2 Å². The number of aliphatic hydroxyl groups is 1. The van der Waals surface area contributed by atoms with Crippen LogP contribution in [0.4, 0.5) is 0 Å². The summed E-state index contributed by atoms with van der Waals surface area (Å²) in [6, 6.07) is 8.73. The number of nitrogens with zero attached hydrogens (tertiary/aromatic N) is 3. The van der Waals surface area contributed by atoms with E-state index in [2.05, 4.69) is 15.5 Å². The topological polar surface area (TPSA) is 101 Å². The Hall–Kier alpha value is -2.29. The summed E-state index contributed by atoms with van der Waals surface area (Å²) >= 11 is 0. The summed E-state index contributed by atoms with van der Waals surface area (Å²) < 4.78 is 10.1. The summed E-state index contributed by atoms with van der Waals surface area (Å²) in [5, 5.41) is 17.1. The Balaban J connectivity index is 1.51. The Morgan fingerprint density at radius 3 is 2.96 bits per heavy atom. The van der Waals surface area contributed by atoms with Gasteiger partial charge in [-0.3, -0.25) is 9.69 Å². The number of β-amino-alcohol motifs (C(OH)–C–C–N with tert-alkyl or cyclic N) is 1. The van der Waals surface area contributed by atoms with E-state index in [0.717, 1.165) is 6.54 Å². The lowest BCUT2D eigenvalue weighted by Gasteiger charge is -2.35. The second-order valence-corrected chi connectivity index (χ2v) is 6.07. The molecule has 0 spiro atoms. The summed E-state index contributed by atoms with van der Waals surface area (Å²) in [6.07, 6.45) is 0.00139. The van der Waals surface area contributed by atoms with E-state index >= 15 is 0 Å². The highest BCUT2D eigenvalue weighted by atomic mass is 16.5. The average molecular weight is 346 g/mol. The van der Waals surface area contributed by atoms with Crippen LogP contribution in [-0.2, 0) is 17.9 Å². The van der Waals surface area contributed by atoms with Gasteiger partial charge in [0.25, 0.3) is 5.91 Å². The van der Waals surface area contributed by atoms with E-state index in [0.29, 0.717) is 43.4 Å². The zero-order valence-corrected chi connectivity index (χ0v) is 14.1. The molecule has 2 aromatic rings. The molecule has 0 unspecified atom stereocenters. The number of aromatic nitrogens is 2. The molecule has 1 amide bonds. The Kier molecular flexibility index (Phi) is 5.75. The third-order valence-corrected chi connectivity index (χ3v) is 4.16. The van der Waals surface area contributed by atoms with E-state index in [1.807, 2.05) is 23.1 Å². The molecule has 8 heteroatoms. The molecule has 0 radical (unpaired) electrons.